The number of rotatable bonds is 8. The van der Waals surface area contributed by atoms with E-state index >= 15 is 0 Å². The number of ether oxygens (including phenoxy) is 1. The number of carbonyl (C=O) groups excluding carboxylic acids is 1. The fourth-order valence-electron chi connectivity index (χ4n) is 3.01. The van der Waals surface area contributed by atoms with E-state index in [0.29, 0.717) is 45.1 Å². The van der Waals surface area contributed by atoms with Crippen LogP contribution in [0.4, 0.5) is 11.4 Å². The van der Waals surface area contributed by atoms with Crippen LogP contribution in [0.1, 0.15) is 34.1 Å². The van der Waals surface area contributed by atoms with E-state index in [2.05, 4.69) is 10.2 Å². The molecule has 2 rings (SSSR count). The Labute approximate surface area is 162 Å². The van der Waals surface area contributed by atoms with Crippen LogP contribution in [0.2, 0.25) is 0 Å². The monoisotopic (exact) mass is 397 g/mol. The molecule has 0 saturated carbocycles. The quantitative estimate of drug-likeness (QED) is 0.729. The van der Waals surface area contributed by atoms with Crippen LogP contribution in [0.15, 0.2) is 23.1 Å². The van der Waals surface area contributed by atoms with Crippen LogP contribution in [0, 0.1) is 5.92 Å². The van der Waals surface area contributed by atoms with Gasteiger partial charge in [-0.25, -0.2) is 8.42 Å². The van der Waals surface area contributed by atoms with Gasteiger partial charge >= 0.3 is 0 Å². The lowest BCUT2D eigenvalue weighted by Gasteiger charge is -2.31. The summed E-state index contributed by atoms with van der Waals surface area (Å²) in [5.41, 5.74) is 1.36. The molecule has 1 aromatic carbocycles. The minimum atomic E-state index is -3.59. The van der Waals surface area contributed by atoms with Gasteiger partial charge in [-0.05, 0) is 24.6 Å². The largest absolute Gasteiger partial charge is 0.378 e. The first-order valence-electron chi connectivity index (χ1n) is 9.62. The molecule has 152 valence electrons. The number of morpholine rings is 1. The summed E-state index contributed by atoms with van der Waals surface area (Å²) in [6, 6.07) is 4.99. The van der Waals surface area contributed by atoms with Gasteiger partial charge in [-0.3, -0.25) is 4.79 Å². The summed E-state index contributed by atoms with van der Waals surface area (Å²) in [5, 5.41) is 2.94. The van der Waals surface area contributed by atoms with Crippen LogP contribution >= 0.6 is 0 Å². The minimum absolute atomic E-state index is 0.107. The standard InChI is InChI=1S/C19H31N3O4S/c1-5-15(4)19(23)20-17-14-16(27(24,25)22(6-2)7-3)8-9-18(17)21-10-12-26-13-11-21/h8-9,14-15H,5-7,10-13H2,1-4H3,(H,20,23). The molecule has 1 aliphatic heterocycles. The Balaban J connectivity index is 2.45. The van der Waals surface area contributed by atoms with Gasteiger partial charge in [0.25, 0.3) is 0 Å². The molecule has 7 nitrogen and oxygen atoms in total. The van der Waals surface area contributed by atoms with Crippen molar-refractivity contribution in [3.8, 4) is 0 Å². The maximum atomic E-state index is 12.9. The summed E-state index contributed by atoms with van der Waals surface area (Å²) in [6.07, 6.45) is 0.718. The molecule has 27 heavy (non-hydrogen) atoms. The topological polar surface area (TPSA) is 79.0 Å². The SMILES string of the molecule is CCC(C)C(=O)Nc1cc(S(=O)(=O)N(CC)CC)ccc1N1CCOCC1. The van der Waals surface area contributed by atoms with Gasteiger partial charge in [0.1, 0.15) is 0 Å². The second-order valence-electron chi connectivity index (χ2n) is 6.67. The lowest BCUT2D eigenvalue weighted by molar-refractivity contribution is -0.119. The molecule has 1 aromatic rings. The summed E-state index contributed by atoms with van der Waals surface area (Å²) in [7, 11) is -3.59. The molecule has 0 radical (unpaired) electrons. The normalized spacial score (nSPS) is 16.4. The molecule has 1 heterocycles. The molecule has 1 amide bonds. The Hall–Kier alpha value is -1.64. The Morgan fingerprint density at radius 2 is 1.85 bits per heavy atom. The van der Waals surface area contributed by atoms with Gasteiger partial charge in [-0.15, -0.1) is 0 Å². The molecule has 0 bridgehead atoms. The Bertz CT molecular complexity index is 741. The van der Waals surface area contributed by atoms with Crippen molar-refractivity contribution in [2.24, 2.45) is 5.92 Å². The van der Waals surface area contributed by atoms with Crippen LogP contribution in [0.3, 0.4) is 0 Å². The van der Waals surface area contributed by atoms with Crippen molar-refractivity contribution in [2.75, 3.05) is 49.6 Å². The van der Waals surface area contributed by atoms with Gasteiger partial charge in [0, 0.05) is 32.1 Å². The smallest absolute Gasteiger partial charge is 0.243 e. The van der Waals surface area contributed by atoms with Crippen LogP contribution in [-0.2, 0) is 19.6 Å². The molecule has 0 spiro atoms. The van der Waals surface area contributed by atoms with Crippen molar-refractivity contribution in [3.63, 3.8) is 0 Å². The molecule has 1 atom stereocenters. The summed E-state index contributed by atoms with van der Waals surface area (Å²) in [5.74, 6) is -0.255. The summed E-state index contributed by atoms with van der Waals surface area (Å²) in [4.78, 5) is 14.8. The number of hydrogen-bond donors (Lipinski definition) is 1. The first-order chi connectivity index (χ1) is 12.8. The number of carbonyl (C=O) groups is 1. The van der Waals surface area contributed by atoms with Gasteiger partial charge in [-0.1, -0.05) is 27.7 Å². The van der Waals surface area contributed by atoms with Gasteiger partial charge in [-0.2, -0.15) is 4.31 Å². The predicted octanol–water partition coefficient (Wildman–Crippen LogP) is 2.54. The van der Waals surface area contributed by atoms with E-state index in [1.807, 2.05) is 27.7 Å². The zero-order valence-corrected chi connectivity index (χ0v) is 17.5. The highest BCUT2D eigenvalue weighted by Gasteiger charge is 2.25. The number of amides is 1. The maximum Gasteiger partial charge on any atom is 0.243 e. The van der Waals surface area contributed by atoms with Crippen molar-refractivity contribution in [1.82, 2.24) is 4.31 Å². The van der Waals surface area contributed by atoms with E-state index in [0.717, 1.165) is 12.1 Å². The molecule has 1 fully saturated rings. The zero-order chi connectivity index (χ0) is 20.0. The lowest BCUT2D eigenvalue weighted by Crippen LogP contribution is -2.37. The van der Waals surface area contributed by atoms with Crippen LogP contribution in [0.5, 0.6) is 0 Å². The first kappa shape index (κ1) is 21.7. The average molecular weight is 398 g/mol. The molecule has 0 aromatic heterocycles. The molecule has 1 aliphatic rings. The molecular formula is C19H31N3O4S. The highest BCUT2D eigenvalue weighted by Crippen LogP contribution is 2.31. The third kappa shape index (κ3) is 5.00. The number of nitrogens with zero attached hydrogens (tertiary/aromatic N) is 2. The van der Waals surface area contributed by atoms with Gasteiger partial charge in [0.2, 0.25) is 15.9 Å². The van der Waals surface area contributed by atoms with E-state index < -0.39 is 10.0 Å². The number of hydrogen-bond acceptors (Lipinski definition) is 5. The number of benzene rings is 1. The highest BCUT2D eigenvalue weighted by molar-refractivity contribution is 7.89. The van der Waals surface area contributed by atoms with E-state index in [1.165, 1.54) is 4.31 Å². The van der Waals surface area contributed by atoms with Crippen molar-refractivity contribution < 1.29 is 17.9 Å². The fourth-order valence-corrected chi connectivity index (χ4v) is 4.49. The molecule has 1 saturated heterocycles. The summed E-state index contributed by atoms with van der Waals surface area (Å²) >= 11 is 0. The highest BCUT2D eigenvalue weighted by atomic mass is 32.2. The van der Waals surface area contributed by atoms with Crippen LogP contribution < -0.4 is 10.2 Å². The molecule has 0 aliphatic carbocycles. The summed E-state index contributed by atoms with van der Waals surface area (Å²) < 4.78 is 32.6. The zero-order valence-electron chi connectivity index (χ0n) is 16.7. The van der Waals surface area contributed by atoms with Crippen LogP contribution in [0.25, 0.3) is 0 Å². The average Bonchev–Trinajstić information content (AvgIpc) is 2.68. The number of nitrogens with one attached hydrogen (secondary N) is 1. The summed E-state index contributed by atoms with van der Waals surface area (Å²) in [6.45, 7) is 10.9. The molecular weight excluding hydrogens is 366 g/mol. The van der Waals surface area contributed by atoms with Crippen molar-refractivity contribution >= 4 is 27.3 Å². The molecule has 1 N–H and O–H groups in total. The third-order valence-corrected chi connectivity index (χ3v) is 7.03. The third-order valence-electron chi connectivity index (χ3n) is 4.98. The van der Waals surface area contributed by atoms with E-state index in [4.69, 9.17) is 4.74 Å². The van der Waals surface area contributed by atoms with Gasteiger partial charge in [0.05, 0.1) is 29.5 Å². The van der Waals surface area contributed by atoms with E-state index in [-0.39, 0.29) is 16.7 Å². The number of sulfonamides is 1. The maximum absolute atomic E-state index is 12.9. The Morgan fingerprint density at radius 3 is 2.41 bits per heavy atom. The van der Waals surface area contributed by atoms with Crippen molar-refractivity contribution in [1.29, 1.82) is 0 Å². The van der Waals surface area contributed by atoms with Crippen molar-refractivity contribution in [2.45, 2.75) is 39.0 Å². The van der Waals surface area contributed by atoms with E-state index in [9.17, 15) is 13.2 Å². The second-order valence-corrected chi connectivity index (χ2v) is 8.60. The Kier molecular flexibility index (Phi) is 7.64. The second kappa shape index (κ2) is 9.52. The molecule has 1 unspecified atom stereocenters. The van der Waals surface area contributed by atoms with Gasteiger partial charge in [0.15, 0.2) is 0 Å². The molecule has 8 heteroatoms. The van der Waals surface area contributed by atoms with E-state index in [1.54, 1.807) is 18.2 Å². The van der Waals surface area contributed by atoms with Crippen LogP contribution in [-0.4, -0.2) is 58.0 Å². The van der Waals surface area contributed by atoms with Crippen molar-refractivity contribution in [3.05, 3.63) is 18.2 Å². The first-order valence-corrected chi connectivity index (χ1v) is 11.1. The lowest BCUT2D eigenvalue weighted by atomic mass is 10.1. The predicted molar refractivity (Wildman–Crippen MR) is 108 cm³/mol. The number of anilines is 2. The minimum Gasteiger partial charge on any atom is -0.378 e. The fraction of sp³-hybridized carbons (Fsp3) is 0.632. The Morgan fingerprint density at radius 1 is 1.22 bits per heavy atom. The van der Waals surface area contributed by atoms with Gasteiger partial charge < -0.3 is 15.0 Å².